The van der Waals surface area contributed by atoms with Crippen molar-refractivity contribution in [1.82, 2.24) is 5.32 Å². The highest BCUT2D eigenvalue weighted by Gasteiger charge is 2.14. The van der Waals surface area contributed by atoms with Gasteiger partial charge in [0.15, 0.2) is 0 Å². The van der Waals surface area contributed by atoms with Crippen LogP contribution in [0.3, 0.4) is 0 Å². The zero-order valence-corrected chi connectivity index (χ0v) is 16.6. The standard InChI is InChI=1S/C20H26N2O3S/c1-13(2)16-8-10-17(11-9-16)15(4)21-20(23)18-7-6-14(3)19(12-18)22-26(5,24)25/h6-13,15,22H,1-5H3,(H,21,23). The third-order valence-corrected chi connectivity index (χ3v) is 4.84. The van der Waals surface area contributed by atoms with E-state index < -0.39 is 10.0 Å². The van der Waals surface area contributed by atoms with Gasteiger partial charge < -0.3 is 5.32 Å². The van der Waals surface area contributed by atoms with Crippen molar-refractivity contribution >= 4 is 21.6 Å². The molecule has 1 atom stereocenters. The lowest BCUT2D eigenvalue weighted by Gasteiger charge is -2.16. The van der Waals surface area contributed by atoms with Gasteiger partial charge in [-0.05, 0) is 48.6 Å². The van der Waals surface area contributed by atoms with Gasteiger partial charge in [-0.25, -0.2) is 8.42 Å². The Morgan fingerprint density at radius 3 is 2.08 bits per heavy atom. The van der Waals surface area contributed by atoms with Crippen LogP contribution < -0.4 is 10.0 Å². The highest BCUT2D eigenvalue weighted by molar-refractivity contribution is 7.92. The number of hydrogen-bond donors (Lipinski definition) is 2. The van der Waals surface area contributed by atoms with Crippen molar-refractivity contribution in [3.8, 4) is 0 Å². The lowest BCUT2D eigenvalue weighted by Crippen LogP contribution is -2.26. The number of sulfonamides is 1. The maximum Gasteiger partial charge on any atom is 0.251 e. The first kappa shape index (κ1) is 20.0. The topological polar surface area (TPSA) is 75.3 Å². The van der Waals surface area contributed by atoms with Crippen molar-refractivity contribution < 1.29 is 13.2 Å². The molecule has 0 radical (unpaired) electrons. The van der Waals surface area contributed by atoms with Crippen molar-refractivity contribution in [2.45, 2.75) is 39.7 Å². The summed E-state index contributed by atoms with van der Waals surface area (Å²) in [7, 11) is -3.40. The van der Waals surface area contributed by atoms with Crippen LogP contribution in [0.15, 0.2) is 42.5 Å². The van der Waals surface area contributed by atoms with Crippen LogP contribution in [-0.2, 0) is 10.0 Å². The molecule has 0 heterocycles. The Kier molecular flexibility index (Phi) is 6.08. The quantitative estimate of drug-likeness (QED) is 0.803. The third-order valence-electron chi connectivity index (χ3n) is 4.25. The molecule has 26 heavy (non-hydrogen) atoms. The lowest BCUT2D eigenvalue weighted by atomic mass is 9.99. The number of nitrogens with one attached hydrogen (secondary N) is 2. The van der Waals surface area contributed by atoms with Gasteiger partial charge in [0.05, 0.1) is 18.0 Å². The lowest BCUT2D eigenvalue weighted by molar-refractivity contribution is 0.0940. The molecule has 0 aliphatic rings. The van der Waals surface area contributed by atoms with Crippen LogP contribution in [-0.4, -0.2) is 20.6 Å². The Hall–Kier alpha value is -2.34. The van der Waals surface area contributed by atoms with Crippen molar-refractivity contribution in [3.63, 3.8) is 0 Å². The second kappa shape index (κ2) is 7.91. The van der Waals surface area contributed by atoms with Gasteiger partial charge in [0.1, 0.15) is 0 Å². The van der Waals surface area contributed by atoms with E-state index in [1.807, 2.05) is 19.1 Å². The molecule has 2 N–H and O–H groups in total. The van der Waals surface area contributed by atoms with E-state index in [1.165, 1.54) is 5.56 Å². The van der Waals surface area contributed by atoms with Gasteiger partial charge in [0.2, 0.25) is 10.0 Å². The van der Waals surface area contributed by atoms with Crippen LogP contribution in [0.25, 0.3) is 0 Å². The monoisotopic (exact) mass is 374 g/mol. The molecule has 2 aromatic rings. The fourth-order valence-corrected chi connectivity index (χ4v) is 3.23. The third kappa shape index (κ3) is 5.33. The molecule has 140 valence electrons. The van der Waals surface area contributed by atoms with E-state index in [-0.39, 0.29) is 11.9 Å². The molecule has 1 unspecified atom stereocenters. The second-order valence-electron chi connectivity index (χ2n) is 6.92. The minimum Gasteiger partial charge on any atom is -0.346 e. The molecule has 0 fully saturated rings. The second-order valence-corrected chi connectivity index (χ2v) is 8.67. The predicted octanol–water partition coefficient (Wildman–Crippen LogP) is 3.98. The summed E-state index contributed by atoms with van der Waals surface area (Å²) in [6, 6.07) is 13.0. The number of carbonyl (C=O) groups is 1. The van der Waals surface area contributed by atoms with E-state index in [9.17, 15) is 13.2 Å². The number of aryl methyl sites for hydroxylation is 1. The number of amides is 1. The van der Waals surface area contributed by atoms with Crippen molar-refractivity contribution in [2.75, 3.05) is 11.0 Å². The number of anilines is 1. The molecule has 0 aliphatic carbocycles. The first-order valence-electron chi connectivity index (χ1n) is 8.56. The molecule has 0 aliphatic heterocycles. The largest absolute Gasteiger partial charge is 0.346 e. The summed E-state index contributed by atoms with van der Waals surface area (Å²) in [4.78, 5) is 12.5. The van der Waals surface area contributed by atoms with Crippen LogP contribution in [0.4, 0.5) is 5.69 Å². The van der Waals surface area contributed by atoms with Crippen LogP contribution in [0.2, 0.25) is 0 Å². The van der Waals surface area contributed by atoms with E-state index >= 15 is 0 Å². The summed E-state index contributed by atoms with van der Waals surface area (Å²) in [5.41, 5.74) is 3.84. The zero-order valence-electron chi connectivity index (χ0n) is 15.8. The van der Waals surface area contributed by atoms with Gasteiger partial charge in [-0.15, -0.1) is 0 Å². The predicted molar refractivity (Wildman–Crippen MR) is 106 cm³/mol. The van der Waals surface area contributed by atoms with E-state index in [1.54, 1.807) is 25.1 Å². The molecule has 0 bridgehead atoms. The zero-order chi connectivity index (χ0) is 19.5. The molecule has 6 heteroatoms. The fourth-order valence-electron chi connectivity index (χ4n) is 2.61. The van der Waals surface area contributed by atoms with Gasteiger partial charge in [-0.2, -0.15) is 0 Å². The van der Waals surface area contributed by atoms with Crippen molar-refractivity contribution in [2.24, 2.45) is 0 Å². The van der Waals surface area contributed by atoms with E-state index in [0.29, 0.717) is 17.2 Å². The maximum atomic E-state index is 12.5. The normalized spacial score (nSPS) is 12.7. The summed E-state index contributed by atoms with van der Waals surface area (Å²) in [5, 5.41) is 2.95. The van der Waals surface area contributed by atoms with E-state index in [4.69, 9.17) is 0 Å². The first-order valence-corrected chi connectivity index (χ1v) is 10.4. The van der Waals surface area contributed by atoms with Crippen LogP contribution in [0, 0.1) is 6.92 Å². The average Bonchev–Trinajstić information content (AvgIpc) is 2.55. The number of carbonyl (C=O) groups excluding carboxylic acids is 1. The smallest absolute Gasteiger partial charge is 0.251 e. The molecule has 0 spiro atoms. The number of rotatable bonds is 6. The summed E-state index contributed by atoms with van der Waals surface area (Å²) in [6.07, 6.45) is 1.09. The minimum absolute atomic E-state index is 0.156. The molecule has 0 saturated heterocycles. The summed E-state index contributed by atoms with van der Waals surface area (Å²) >= 11 is 0. The van der Waals surface area contributed by atoms with E-state index in [2.05, 4.69) is 36.0 Å². The Balaban J connectivity index is 2.15. The van der Waals surface area contributed by atoms with Crippen LogP contribution in [0.5, 0.6) is 0 Å². The Labute approximate surface area is 155 Å². The average molecular weight is 375 g/mol. The molecular formula is C20H26N2O3S. The molecule has 1 amide bonds. The molecule has 5 nitrogen and oxygen atoms in total. The maximum absolute atomic E-state index is 12.5. The van der Waals surface area contributed by atoms with Crippen LogP contribution >= 0.6 is 0 Å². The van der Waals surface area contributed by atoms with Gasteiger partial charge in [-0.1, -0.05) is 44.2 Å². The highest BCUT2D eigenvalue weighted by Crippen LogP contribution is 2.21. The van der Waals surface area contributed by atoms with Gasteiger partial charge >= 0.3 is 0 Å². The number of benzene rings is 2. The van der Waals surface area contributed by atoms with Gasteiger partial charge in [0, 0.05) is 5.56 Å². The Morgan fingerprint density at radius 1 is 0.962 bits per heavy atom. The molecule has 2 aromatic carbocycles. The van der Waals surface area contributed by atoms with Gasteiger partial charge in [-0.3, -0.25) is 9.52 Å². The first-order chi connectivity index (χ1) is 12.1. The number of hydrogen-bond acceptors (Lipinski definition) is 3. The molecular weight excluding hydrogens is 348 g/mol. The molecule has 2 rings (SSSR count). The highest BCUT2D eigenvalue weighted by atomic mass is 32.2. The summed E-state index contributed by atoms with van der Waals surface area (Å²) in [5.74, 6) is 0.212. The van der Waals surface area contributed by atoms with Crippen molar-refractivity contribution in [3.05, 3.63) is 64.7 Å². The minimum atomic E-state index is -3.40. The molecule has 0 saturated carbocycles. The Morgan fingerprint density at radius 2 is 1.54 bits per heavy atom. The Bertz CT molecular complexity index is 888. The molecule has 0 aromatic heterocycles. The van der Waals surface area contributed by atoms with Gasteiger partial charge in [0.25, 0.3) is 5.91 Å². The fraction of sp³-hybridized carbons (Fsp3) is 0.350. The van der Waals surface area contributed by atoms with Crippen molar-refractivity contribution in [1.29, 1.82) is 0 Å². The summed E-state index contributed by atoms with van der Waals surface area (Å²) in [6.45, 7) is 7.99. The van der Waals surface area contributed by atoms with E-state index in [0.717, 1.165) is 17.4 Å². The summed E-state index contributed by atoms with van der Waals surface area (Å²) < 4.78 is 25.4. The van der Waals surface area contributed by atoms with Crippen LogP contribution in [0.1, 0.15) is 59.8 Å². The SMILES string of the molecule is Cc1ccc(C(=O)NC(C)c2ccc(C(C)C)cc2)cc1NS(C)(=O)=O.